The molecule has 0 aromatic heterocycles. The van der Waals surface area contributed by atoms with Gasteiger partial charge in [-0.3, -0.25) is 0 Å². The van der Waals surface area contributed by atoms with Crippen molar-refractivity contribution in [2.45, 2.75) is 61.2 Å². The van der Waals surface area contributed by atoms with Gasteiger partial charge in [-0.15, -0.1) is 0 Å². The Morgan fingerprint density at radius 2 is 0.838 bits per heavy atom. The molecule has 7 aromatic rings. The number of rotatable bonds is 8. The van der Waals surface area contributed by atoms with Gasteiger partial charge < -0.3 is 111 Å². The van der Waals surface area contributed by atoms with Crippen molar-refractivity contribution >= 4 is 0 Å². The SMILES string of the molecule is Oc1cc(O)c2c(c1)O[C@H](c1ccc(O)c(O)c1)[C@H](O)[C@H]2c1c(O)cc(O)c2c1O[C@H](c1ccc(O)c(O)c1)[C@H](O)[C@H]2c1c(O)cc(O)c2c1O[C@H](c1ccc(O)c(O)c1)[C@H](OC(O)c1cc(O)c(O)c(O)c1)C2. The van der Waals surface area contributed by atoms with E-state index >= 15 is 0 Å². The molecule has 0 radical (unpaired) electrons. The van der Waals surface area contributed by atoms with Crippen LogP contribution in [0.25, 0.3) is 0 Å². The highest BCUT2D eigenvalue weighted by Gasteiger charge is 2.51. The molecule has 74 heavy (non-hydrogen) atoms. The fourth-order valence-corrected chi connectivity index (χ4v) is 10.1. The highest BCUT2D eigenvalue weighted by molar-refractivity contribution is 5.71. The molecule has 18 N–H and O–H groups in total. The quantitative estimate of drug-likeness (QED) is 0.0680. The largest absolute Gasteiger partial charge is 0.508 e. The number of aromatic hydroxyl groups is 15. The molecule has 0 aliphatic carbocycles. The van der Waals surface area contributed by atoms with E-state index in [1.807, 2.05) is 0 Å². The molecule has 1 unspecified atom stereocenters. The van der Waals surface area contributed by atoms with Crippen LogP contribution in [-0.2, 0) is 11.2 Å². The van der Waals surface area contributed by atoms with Gasteiger partial charge >= 0.3 is 0 Å². The molecule has 0 fully saturated rings. The molecule has 22 heteroatoms. The minimum absolute atomic E-state index is 0.0308. The molecule has 0 saturated heterocycles. The minimum Gasteiger partial charge on any atom is -0.508 e. The summed E-state index contributed by atoms with van der Waals surface area (Å²) in [6, 6.07) is 15.7. The van der Waals surface area contributed by atoms with Crippen molar-refractivity contribution in [1.82, 2.24) is 0 Å². The Morgan fingerprint density at radius 3 is 1.35 bits per heavy atom. The fourth-order valence-electron chi connectivity index (χ4n) is 10.1. The molecule has 10 rings (SSSR count). The number of hydrogen-bond acceptors (Lipinski definition) is 22. The first-order valence-corrected chi connectivity index (χ1v) is 22.3. The van der Waals surface area contributed by atoms with Crippen molar-refractivity contribution in [2.75, 3.05) is 0 Å². The Morgan fingerprint density at radius 1 is 0.405 bits per heavy atom. The maximum absolute atomic E-state index is 12.7. The Balaban J connectivity index is 1.20. The predicted octanol–water partition coefficient (Wildman–Crippen LogP) is 5.28. The first-order valence-electron chi connectivity index (χ1n) is 22.3. The number of fused-ring (bicyclic) bond motifs is 3. The average molecular weight is 1020 g/mol. The summed E-state index contributed by atoms with van der Waals surface area (Å²) in [5.74, 6) is -15.3. The first-order chi connectivity index (χ1) is 35.1. The Hall–Kier alpha value is -9.22. The van der Waals surface area contributed by atoms with Gasteiger partial charge in [-0.1, -0.05) is 18.2 Å². The van der Waals surface area contributed by atoms with Crippen LogP contribution in [0.1, 0.15) is 86.5 Å². The minimum atomic E-state index is -2.02. The number of phenolic OH excluding ortho intramolecular Hbond substituents is 15. The summed E-state index contributed by atoms with van der Waals surface area (Å²) in [6.45, 7) is 0. The molecule has 9 atom stereocenters. The van der Waals surface area contributed by atoms with E-state index in [0.717, 1.165) is 72.8 Å². The van der Waals surface area contributed by atoms with E-state index in [4.69, 9.17) is 18.9 Å². The molecule has 0 saturated carbocycles. The topological polar surface area (TPSA) is 401 Å². The highest BCUT2D eigenvalue weighted by atomic mass is 16.6. The van der Waals surface area contributed by atoms with Crippen LogP contribution in [0.15, 0.2) is 91.0 Å². The van der Waals surface area contributed by atoms with Crippen LogP contribution >= 0.6 is 0 Å². The van der Waals surface area contributed by atoms with Crippen LogP contribution < -0.4 is 14.2 Å². The Bertz CT molecular complexity index is 3390. The third kappa shape index (κ3) is 7.93. The zero-order chi connectivity index (χ0) is 52.9. The van der Waals surface area contributed by atoms with Gasteiger partial charge in [-0.25, -0.2) is 0 Å². The number of phenols is 15. The standard InChI is InChI=1S/C52H44O22/c53-21-12-30(61)38-36(13-21)71-48(18-2-5-24(55)28(59)8-18)45(68)42(38)40-32(63)16-33(64)41-43(46(69)49(74-51(40)41)19-3-6-25(56)29(60)9-19)39-31(62)15-26(57)22-14-37(72-52(70)20-10-34(65)44(67)35(66)11-20)47(73-50(22)39)17-1-4-23(54)27(58)7-17/h1-13,15-16,37,42-43,45-49,52-70H,14H2/t37-,42-,43+,45-,46-,47-,48-,49-,52?/m1/s1. The second-order valence-corrected chi connectivity index (χ2v) is 18.0. The summed E-state index contributed by atoms with van der Waals surface area (Å²) in [5.41, 5.74) is -1.99. The van der Waals surface area contributed by atoms with Gasteiger partial charge in [-0.05, 0) is 65.2 Å². The maximum Gasteiger partial charge on any atom is 0.200 e. The summed E-state index contributed by atoms with van der Waals surface area (Å²) in [7, 11) is 0. The summed E-state index contributed by atoms with van der Waals surface area (Å²) in [5, 5.41) is 199. The second-order valence-electron chi connectivity index (χ2n) is 18.0. The molecule has 0 amide bonds. The lowest BCUT2D eigenvalue weighted by Gasteiger charge is -2.43. The van der Waals surface area contributed by atoms with Crippen molar-refractivity contribution in [3.63, 3.8) is 0 Å². The first kappa shape index (κ1) is 48.4. The van der Waals surface area contributed by atoms with Crippen LogP contribution in [0.5, 0.6) is 103 Å². The number of aliphatic hydroxyl groups excluding tert-OH is 3. The molecular weight excluding hydrogens is 977 g/mol. The maximum atomic E-state index is 12.7. The van der Waals surface area contributed by atoms with Crippen molar-refractivity contribution in [2.24, 2.45) is 0 Å². The summed E-state index contributed by atoms with van der Waals surface area (Å²) < 4.78 is 25.3. The Labute approximate surface area is 415 Å². The van der Waals surface area contributed by atoms with Crippen LogP contribution in [0, 0.1) is 0 Å². The third-order valence-electron chi connectivity index (χ3n) is 13.5. The zero-order valence-electron chi connectivity index (χ0n) is 37.7. The molecule has 22 nitrogen and oxygen atoms in total. The van der Waals surface area contributed by atoms with Gasteiger partial charge in [-0.2, -0.15) is 0 Å². The number of ether oxygens (including phenoxy) is 4. The van der Waals surface area contributed by atoms with E-state index in [1.54, 1.807) is 0 Å². The number of hydrogen-bond donors (Lipinski definition) is 18. The van der Waals surface area contributed by atoms with E-state index in [0.29, 0.717) is 0 Å². The molecule has 3 heterocycles. The molecule has 3 aliphatic rings. The lowest BCUT2D eigenvalue weighted by Crippen LogP contribution is -2.39. The van der Waals surface area contributed by atoms with E-state index in [-0.39, 0.29) is 39.1 Å². The van der Waals surface area contributed by atoms with Gasteiger partial charge in [0, 0.05) is 64.1 Å². The fraction of sp³-hybridized carbons (Fsp3) is 0.192. The van der Waals surface area contributed by atoms with E-state index < -0.39 is 176 Å². The van der Waals surface area contributed by atoms with Crippen LogP contribution in [0.4, 0.5) is 0 Å². The smallest absolute Gasteiger partial charge is 0.200 e. The van der Waals surface area contributed by atoms with Crippen molar-refractivity contribution in [3.05, 3.63) is 141 Å². The van der Waals surface area contributed by atoms with E-state index in [2.05, 4.69) is 0 Å². The monoisotopic (exact) mass is 1020 g/mol. The van der Waals surface area contributed by atoms with Crippen molar-refractivity contribution in [1.29, 1.82) is 0 Å². The van der Waals surface area contributed by atoms with Gasteiger partial charge in [0.1, 0.15) is 70.1 Å². The molecule has 384 valence electrons. The van der Waals surface area contributed by atoms with Gasteiger partial charge in [0.25, 0.3) is 0 Å². The van der Waals surface area contributed by atoms with Gasteiger partial charge in [0.15, 0.2) is 76.3 Å². The normalized spacial score (nSPS) is 22.3. The number of aliphatic hydroxyl groups is 3. The molecule has 0 bridgehead atoms. The van der Waals surface area contributed by atoms with Gasteiger partial charge in [0.2, 0.25) is 0 Å². The predicted molar refractivity (Wildman–Crippen MR) is 249 cm³/mol. The van der Waals surface area contributed by atoms with E-state index in [1.165, 1.54) is 18.2 Å². The summed E-state index contributed by atoms with van der Waals surface area (Å²) in [6.07, 6.45) is -12.6. The molecule has 0 spiro atoms. The summed E-state index contributed by atoms with van der Waals surface area (Å²) >= 11 is 0. The molecule has 3 aliphatic heterocycles. The van der Waals surface area contributed by atoms with Crippen LogP contribution in [-0.4, -0.2) is 110 Å². The van der Waals surface area contributed by atoms with Crippen molar-refractivity contribution < 1.29 is 111 Å². The van der Waals surface area contributed by atoms with Gasteiger partial charge in [0.05, 0.1) is 11.8 Å². The van der Waals surface area contributed by atoms with E-state index in [9.17, 15) is 91.9 Å². The lowest BCUT2D eigenvalue weighted by atomic mass is 9.73. The molecule has 7 aromatic carbocycles. The van der Waals surface area contributed by atoms with Crippen LogP contribution in [0.3, 0.4) is 0 Å². The molecular formula is C52H44O22. The van der Waals surface area contributed by atoms with Crippen molar-refractivity contribution in [3.8, 4) is 103 Å². The zero-order valence-corrected chi connectivity index (χ0v) is 37.7. The lowest BCUT2D eigenvalue weighted by molar-refractivity contribution is -0.170. The Kier molecular flexibility index (Phi) is 11.7. The summed E-state index contributed by atoms with van der Waals surface area (Å²) in [4.78, 5) is 0. The second kappa shape index (κ2) is 17.8. The number of benzene rings is 7. The van der Waals surface area contributed by atoms with Crippen LogP contribution in [0.2, 0.25) is 0 Å². The highest BCUT2D eigenvalue weighted by Crippen LogP contribution is 2.62. The average Bonchev–Trinajstić information content (AvgIpc) is 3.34. The third-order valence-corrected chi connectivity index (χ3v) is 13.5.